The van der Waals surface area contributed by atoms with Gasteiger partial charge in [-0.15, -0.1) is 0 Å². The van der Waals surface area contributed by atoms with Crippen LogP contribution in [0, 0.1) is 0 Å². The smallest absolute Gasteiger partial charge is 0.303 e. The Morgan fingerprint density at radius 2 is 1.69 bits per heavy atom. The van der Waals surface area contributed by atoms with Crippen molar-refractivity contribution in [3.8, 4) is 0 Å². The van der Waals surface area contributed by atoms with E-state index in [2.05, 4.69) is 36.7 Å². The lowest BCUT2D eigenvalue weighted by Gasteiger charge is -2.42. The number of nitrogens with one attached hydrogen (secondary N) is 1. The van der Waals surface area contributed by atoms with Gasteiger partial charge in [-0.1, -0.05) is 53.7 Å². The van der Waals surface area contributed by atoms with Gasteiger partial charge in [0.2, 0.25) is 0 Å². The lowest BCUT2D eigenvalue weighted by Crippen LogP contribution is -2.50. The highest BCUT2D eigenvalue weighted by Gasteiger charge is 2.40. The first-order chi connectivity index (χ1) is 11.9. The summed E-state index contributed by atoms with van der Waals surface area (Å²) in [5.74, 6) is 0. The molecule has 0 heterocycles. The molecule has 0 aliphatic heterocycles. The maximum atomic E-state index is 10.4. The van der Waals surface area contributed by atoms with E-state index >= 15 is 0 Å². The number of rotatable bonds is 12. The Morgan fingerprint density at radius 1 is 1.15 bits per heavy atom. The van der Waals surface area contributed by atoms with Gasteiger partial charge in [0.15, 0.2) is 0 Å². The zero-order chi connectivity index (χ0) is 21.0. The van der Waals surface area contributed by atoms with Gasteiger partial charge in [0.25, 0.3) is 0 Å². The van der Waals surface area contributed by atoms with Gasteiger partial charge in [-0.25, -0.2) is 0 Å². The third kappa shape index (κ3) is 10.4. The number of allylic oxidation sites excluding steroid dienone is 2. The van der Waals surface area contributed by atoms with E-state index in [1.807, 2.05) is 55.3 Å². The van der Waals surface area contributed by atoms with Crippen LogP contribution < -0.4 is 5.32 Å². The Balaban J connectivity index is 0. The molecular formula is C21H44BN2O2. The van der Waals surface area contributed by atoms with E-state index in [1.165, 1.54) is 0 Å². The lowest BCUT2D eigenvalue weighted by molar-refractivity contribution is -0.105. The molecule has 0 aromatic heterocycles. The summed E-state index contributed by atoms with van der Waals surface area (Å²) in [4.78, 5) is 2.13. The lowest BCUT2D eigenvalue weighted by atomic mass is 9.62. The minimum Gasteiger partial charge on any atom is -0.432 e. The zero-order valence-electron chi connectivity index (χ0n) is 19.1. The van der Waals surface area contributed by atoms with Gasteiger partial charge < -0.3 is 20.0 Å². The average Bonchev–Trinajstić information content (AvgIpc) is 2.58. The second-order valence-corrected chi connectivity index (χ2v) is 7.83. The standard InChI is InChI=1S/C19H38BN2O2.C2H6/c1-10-18(6,13-12-16(3)21-14-15-22(8)9)20-24-19(7,11-2)17(4,5)23;1-2/h12-13,21,23H,3,10-11,14-15H2,1-2,4-9H3;1-2H3/b13-12-;/t18-,19?;/m1./s1. The predicted octanol–water partition coefficient (Wildman–Crippen LogP) is 4.40. The van der Waals surface area contributed by atoms with Crippen molar-refractivity contribution in [3.63, 3.8) is 0 Å². The van der Waals surface area contributed by atoms with Gasteiger partial charge in [0.05, 0.1) is 11.2 Å². The van der Waals surface area contributed by atoms with Crippen LogP contribution in [0.5, 0.6) is 0 Å². The highest BCUT2D eigenvalue weighted by Crippen LogP contribution is 2.36. The van der Waals surface area contributed by atoms with Crippen LogP contribution in [0.2, 0.25) is 5.31 Å². The quantitative estimate of drug-likeness (QED) is 0.396. The molecule has 0 spiro atoms. The molecule has 0 aliphatic carbocycles. The Labute approximate surface area is 164 Å². The van der Waals surface area contributed by atoms with Crippen LogP contribution in [-0.2, 0) is 4.65 Å². The predicted molar refractivity (Wildman–Crippen MR) is 117 cm³/mol. The fourth-order valence-corrected chi connectivity index (χ4v) is 1.96. The first kappa shape index (κ1) is 27.4. The van der Waals surface area contributed by atoms with Crippen molar-refractivity contribution in [2.45, 2.75) is 84.7 Å². The summed E-state index contributed by atoms with van der Waals surface area (Å²) in [6.07, 6.45) is 5.75. The van der Waals surface area contributed by atoms with Gasteiger partial charge in [-0.05, 0) is 52.7 Å². The first-order valence-electron chi connectivity index (χ1n) is 9.90. The summed E-state index contributed by atoms with van der Waals surface area (Å²) >= 11 is 0. The number of likely N-dealkylation sites (N-methyl/N-ethyl adjacent to an activating group) is 1. The first-order valence-corrected chi connectivity index (χ1v) is 9.90. The Kier molecular flexibility index (Phi) is 13.3. The van der Waals surface area contributed by atoms with Crippen LogP contribution in [0.4, 0.5) is 0 Å². The summed E-state index contributed by atoms with van der Waals surface area (Å²) < 4.78 is 6.06. The van der Waals surface area contributed by atoms with Crippen LogP contribution in [0.3, 0.4) is 0 Å². The molecule has 4 nitrogen and oxygen atoms in total. The molecule has 2 N–H and O–H groups in total. The normalized spacial score (nSPS) is 16.5. The molecule has 1 radical (unpaired) electrons. The number of aliphatic hydroxyl groups is 1. The molecule has 0 aromatic carbocycles. The third-order valence-corrected chi connectivity index (χ3v) is 4.90. The molecule has 0 saturated heterocycles. The monoisotopic (exact) mass is 367 g/mol. The number of hydrogen-bond acceptors (Lipinski definition) is 4. The van der Waals surface area contributed by atoms with Crippen molar-refractivity contribution in [1.29, 1.82) is 0 Å². The number of nitrogens with zero attached hydrogens (tertiary/aromatic N) is 1. The Morgan fingerprint density at radius 3 is 2.08 bits per heavy atom. The van der Waals surface area contributed by atoms with E-state index in [4.69, 9.17) is 4.65 Å². The van der Waals surface area contributed by atoms with E-state index in [0.29, 0.717) is 0 Å². The molecule has 26 heavy (non-hydrogen) atoms. The second kappa shape index (κ2) is 12.6. The molecule has 5 heteroatoms. The topological polar surface area (TPSA) is 44.7 Å². The van der Waals surface area contributed by atoms with Crippen LogP contribution in [-0.4, -0.2) is 55.9 Å². The Bertz CT molecular complexity index is 419. The highest BCUT2D eigenvalue weighted by molar-refractivity contribution is 6.33. The van der Waals surface area contributed by atoms with E-state index in [-0.39, 0.29) is 5.31 Å². The third-order valence-electron chi connectivity index (χ3n) is 4.90. The molecule has 153 valence electrons. The van der Waals surface area contributed by atoms with Gasteiger partial charge in [0.1, 0.15) is 0 Å². The van der Waals surface area contributed by atoms with Crippen molar-refractivity contribution in [3.05, 3.63) is 24.4 Å². The molecule has 0 fully saturated rings. The Hall–Kier alpha value is -0.775. The largest absolute Gasteiger partial charge is 0.432 e. The van der Waals surface area contributed by atoms with Crippen LogP contribution >= 0.6 is 0 Å². The van der Waals surface area contributed by atoms with Crippen molar-refractivity contribution in [1.82, 2.24) is 10.2 Å². The van der Waals surface area contributed by atoms with Crippen LogP contribution in [0.1, 0.15) is 68.2 Å². The minimum absolute atomic E-state index is 0.214. The van der Waals surface area contributed by atoms with Crippen molar-refractivity contribution >= 4 is 7.48 Å². The van der Waals surface area contributed by atoms with Crippen LogP contribution in [0.25, 0.3) is 0 Å². The van der Waals surface area contributed by atoms with Gasteiger partial charge in [0, 0.05) is 18.8 Å². The molecule has 1 unspecified atom stereocenters. The van der Waals surface area contributed by atoms with Gasteiger partial charge >= 0.3 is 7.48 Å². The van der Waals surface area contributed by atoms with Gasteiger partial charge in [-0.2, -0.15) is 0 Å². The summed E-state index contributed by atoms with van der Waals surface area (Å²) in [7, 11) is 5.96. The molecular weight excluding hydrogens is 323 g/mol. The maximum absolute atomic E-state index is 10.4. The van der Waals surface area contributed by atoms with Crippen LogP contribution in [0.15, 0.2) is 24.4 Å². The van der Waals surface area contributed by atoms with E-state index in [0.717, 1.165) is 31.6 Å². The summed E-state index contributed by atoms with van der Waals surface area (Å²) in [6.45, 7) is 21.7. The summed E-state index contributed by atoms with van der Waals surface area (Å²) in [6, 6.07) is 0. The van der Waals surface area contributed by atoms with Crippen molar-refractivity contribution in [2.24, 2.45) is 0 Å². The van der Waals surface area contributed by atoms with Crippen molar-refractivity contribution < 1.29 is 9.76 Å². The highest BCUT2D eigenvalue weighted by atomic mass is 16.5. The number of hydrogen-bond donors (Lipinski definition) is 2. The fraction of sp³-hybridized carbons (Fsp3) is 0.810. The summed E-state index contributed by atoms with van der Waals surface area (Å²) in [5, 5.41) is 13.5. The minimum atomic E-state index is -0.909. The SMILES string of the molecule is C=C(/C=C\[C@](C)([B]OC(C)(CC)C(C)(C)O)CC)NCCN(C)C.CC. The van der Waals surface area contributed by atoms with E-state index in [9.17, 15) is 5.11 Å². The zero-order valence-corrected chi connectivity index (χ0v) is 19.1. The molecule has 0 saturated carbocycles. The van der Waals surface area contributed by atoms with E-state index < -0.39 is 11.2 Å². The molecule has 0 aromatic rings. The molecule has 0 bridgehead atoms. The fourth-order valence-electron chi connectivity index (χ4n) is 1.96. The average molecular weight is 367 g/mol. The molecule has 0 amide bonds. The second-order valence-electron chi connectivity index (χ2n) is 7.83. The van der Waals surface area contributed by atoms with Crippen molar-refractivity contribution in [2.75, 3.05) is 27.2 Å². The molecule has 0 rings (SSSR count). The molecule has 0 aliphatic rings. The summed E-state index contributed by atoms with van der Waals surface area (Å²) in [5.41, 5.74) is -0.628. The maximum Gasteiger partial charge on any atom is 0.303 e. The van der Waals surface area contributed by atoms with Gasteiger partial charge in [-0.3, -0.25) is 0 Å². The van der Waals surface area contributed by atoms with E-state index in [1.54, 1.807) is 13.8 Å². The molecule has 2 atom stereocenters.